The first-order valence-electron chi connectivity index (χ1n) is 7.04. The summed E-state index contributed by atoms with van der Waals surface area (Å²) in [6.45, 7) is 6.26. The summed E-state index contributed by atoms with van der Waals surface area (Å²) in [6, 6.07) is 0. The molecule has 100 valence electrons. The average Bonchev–Trinajstić information content (AvgIpc) is 2.60. The van der Waals surface area contributed by atoms with Crippen LogP contribution in [0.3, 0.4) is 0 Å². The summed E-state index contributed by atoms with van der Waals surface area (Å²) in [5, 5.41) is 10.4. The molecule has 3 aliphatic rings. The van der Waals surface area contributed by atoms with Crippen molar-refractivity contribution in [3.8, 4) is 0 Å². The summed E-state index contributed by atoms with van der Waals surface area (Å²) in [4.78, 5) is 11.8. The topological polar surface area (TPSA) is 46.5 Å². The highest BCUT2D eigenvalue weighted by Crippen LogP contribution is 2.55. The first-order valence-corrected chi connectivity index (χ1v) is 7.04. The van der Waals surface area contributed by atoms with E-state index in [0.717, 1.165) is 25.7 Å². The second-order valence-corrected chi connectivity index (χ2v) is 6.51. The molecule has 1 heterocycles. The molecule has 0 radical (unpaired) electrons. The van der Waals surface area contributed by atoms with Crippen LogP contribution in [0.15, 0.2) is 11.1 Å². The Bertz CT molecular complexity index is 425. The minimum atomic E-state index is -0.285. The SMILES string of the molecule is CC1=C2C3OC(=O)C(C)C3CCC2(C)C(O)CC1. The van der Waals surface area contributed by atoms with Gasteiger partial charge >= 0.3 is 5.97 Å². The van der Waals surface area contributed by atoms with Crippen LogP contribution in [-0.2, 0) is 9.53 Å². The fourth-order valence-corrected chi connectivity index (χ4v) is 4.24. The van der Waals surface area contributed by atoms with Gasteiger partial charge < -0.3 is 9.84 Å². The maximum Gasteiger partial charge on any atom is 0.309 e. The monoisotopic (exact) mass is 250 g/mol. The zero-order valence-corrected chi connectivity index (χ0v) is 11.4. The minimum absolute atomic E-state index is 0.0129. The van der Waals surface area contributed by atoms with Crippen LogP contribution in [0.4, 0.5) is 0 Å². The van der Waals surface area contributed by atoms with E-state index >= 15 is 0 Å². The van der Waals surface area contributed by atoms with Crippen molar-refractivity contribution in [1.82, 2.24) is 0 Å². The Balaban J connectivity index is 2.05. The third kappa shape index (κ3) is 1.43. The zero-order chi connectivity index (χ0) is 13.1. The van der Waals surface area contributed by atoms with E-state index < -0.39 is 0 Å². The molecule has 0 aromatic rings. The van der Waals surface area contributed by atoms with Gasteiger partial charge in [0.05, 0.1) is 12.0 Å². The molecule has 18 heavy (non-hydrogen) atoms. The summed E-state index contributed by atoms with van der Waals surface area (Å²) in [7, 11) is 0. The quantitative estimate of drug-likeness (QED) is 0.530. The van der Waals surface area contributed by atoms with Gasteiger partial charge in [0, 0.05) is 11.3 Å². The number of ether oxygens (including phenoxy) is 1. The van der Waals surface area contributed by atoms with Crippen LogP contribution in [0.2, 0.25) is 0 Å². The smallest absolute Gasteiger partial charge is 0.309 e. The van der Waals surface area contributed by atoms with Crippen molar-refractivity contribution in [2.75, 3.05) is 0 Å². The van der Waals surface area contributed by atoms with Crippen LogP contribution >= 0.6 is 0 Å². The van der Waals surface area contributed by atoms with Crippen LogP contribution in [0, 0.1) is 17.3 Å². The first-order chi connectivity index (χ1) is 8.45. The Morgan fingerprint density at radius 3 is 2.83 bits per heavy atom. The van der Waals surface area contributed by atoms with Gasteiger partial charge in [0.2, 0.25) is 0 Å². The molecule has 3 heteroatoms. The standard InChI is InChI=1S/C15H22O3/c1-8-4-5-11(16)15(3)7-6-10-9(2)14(17)18-13(10)12(8)15/h9-11,13,16H,4-7H2,1-3H3. The largest absolute Gasteiger partial charge is 0.457 e. The average molecular weight is 250 g/mol. The number of hydrogen-bond donors (Lipinski definition) is 1. The summed E-state index contributed by atoms with van der Waals surface area (Å²) < 4.78 is 5.62. The van der Waals surface area contributed by atoms with Crippen LogP contribution in [-0.4, -0.2) is 23.3 Å². The number of aliphatic hydroxyl groups is 1. The molecule has 5 atom stereocenters. The molecule has 2 fully saturated rings. The van der Waals surface area contributed by atoms with Gasteiger partial charge in [-0.15, -0.1) is 0 Å². The van der Waals surface area contributed by atoms with Crippen LogP contribution < -0.4 is 0 Å². The number of carbonyl (C=O) groups excluding carboxylic acids is 1. The lowest BCUT2D eigenvalue weighted by molar-refractivity contribution is -0.143. The molecule has 1 saturated heterocycles. The Morgan fingerprint density at radius 1 is 1.39 bits per heavy atom. The maximum atomic E-state index is 11.8. The molecule has 3 rings (SSSR count). The number of aliphatic hydroxyl groups excluding tert-OH is 1. The number of esters is 1. The van der Waals surface area contributed by atoms with Gasteiger partial charge in [0.25, 0.3) is 0 Å². The number of rotatable bonds is 0. The third-order valence-corrected chi connectivity index (χ3v) is 5.53. The van der Waals surface area contributed by atoms with E-state index in [0.29, 0.717) is 5.92 Å². The molecule has 1 N–H and O–H groups in total. The molecular weight excluding hydrogens is 228 g/mol. The molecule has 2 aliphatic carbocycles. The zero-order valence-electron chi connectivity index (χ0n) is 11.4. The number of carbonyl (C=O) groups is 1. The normalized spacial score (nSPS) is 47.7. The van der Waals surface area contributed by atoms with Crippen molar-refractivity contribution in [3.63, 3.8) is 0 Å². The van der Waals surface area contributed by atoms with Crippen LogP contribution in [0.5, 0.6) is 0 Å². The summed E-state index contributed by atoms with van der Waals surface area (Å²) in [6.07, 6.45) is 3.38. The van der Waals surface area contributed by atoms with E-state index in [1.165, 1.54) is 11.1 Å². The summed E-state index contributed by atoms with van der Waals surface area (Å²) in [5.74, 6) is 0.273. The lowest BCUT2D eigenvalue weighted by Crippen LogP contribution is -2.47. The van der Waals surface area contributed by atoms with Crippen molar-refractivity contribution in [1.29, 1.82) is 0 Å². The van der Waals surface area contributed by atoms with Gasteiger partial charge in [0.1, 0.15) is 6.10 Å². The van der Waals surface area contributed by atoms with Gasteiger partial charge in [-0.25, -0.2) is 0 Å². The van der Waals surface area contributed by atoms with Crippen LogP contribution in [0.25, 0.3) is 0 Å². The minimum Gasteiger partial charge on any atom is -0.457 e. The van der Waals surface area contributed by atoms with E-state index in [4.69, 9.17) is 4.74 Å². The predicted octanol–water partition coefficient (Wildman–Crippen LogP) is 2.44. The van der Waals surface area contributed by atoms with E-state index in [1.54, 1.807) is 0 Å². The van der Waals surface area contributed by atoms with E-state index in [1.807, 2.05) is 6.92 Å². The molecule has 0 amide bonds. The third-order valence-electron chi connectivity index (χ3n) is 5.53. The van der Waals surface area contributed by atoms with Gasteiger partial charge in [-0.05, 0) is 38.2 Å². The Kier molecular flexibility index (Phi) is 2.60. The molecule has 5 unspecified atom stereocenters. The first kappa shape index (κ1) is 12.2. The van der Waals surface area contributed by atoms with Crippen molar-refractivity contribution < 1.29 is 14.6 Å². The van der Waals surface area contributed by atoms with Crippen LogP contribution in [0.1, 0.15) is 46.5 Å². The fourth-order valence-electron chi connectivity index (χ4n) is 4.24. The second-order valence-electron chi connectivity index (χ2n) is 6.51. The van der Waals surface area contributed by atoms with E-state index in [2.05, 4.69) is 13.8 Å². The van der Waals surface area contributed by atoms with Crippen molar-refractivity contribution >= 4 is 5.97 Å². The summed E-state index contributed by atoms with van der Waals surface area (Å²) in [5.41, 5.74) is 2.39. The Hall–Kier alpha value is -0.830. The van der Waals surface area contributed by atoms with E-state index in [-0.39, 0.29) is 29.5 Å². The lowest BCUT2D eigenvalue weighted by atomic mass is 9.58. The van der Waals surface area contributed by atoms with Crippen molar-refractivity contribution in [2.45, 2.75) is 58.7 Å². The van der Waals surface area contributed by atoms with E-state index in [9.17, 15) is 9.90 Å². The van der Waals surface area contributed by atoms with Gasteiger partial charge in [-0.2, -0.15) is 0 Å². The number of allylic oxidation sites excluding steroid dienone is 1. The Labute approximate surface area is 108 Å². The molecule has 1 saturated carbocycles. The highest BCUT2D eigenvalue weighted by atomic mass is 16.6. The van der Waals surface area contributed by atoms with Gasteiger partial charge in [0.15, 0.2) is 0 Å². The number of fused-ring (bicyclic) bond motifs is 3. The molecule has 0 aromatic carbocycles. The summed E-state index contributed by atoms with van der Waals surface area (Å²) >= 11 is 0. The second kappa shape index (κ2) is 3.83. The maximum absolute atomic E-state index is 11.8. The highest BCUT2D eigenvalue weighted by Gasteiger charge is 2.55. The molecule has 0 aromatic heterocycles. The molecular formula is C15H22O3. The lowest BCUT2D eigenvalue weighted by Gasteiger charge is -2.48. The Morgan fingerprint density at radius 2 is 2.11 bits per heavy atom. The molecule has 1 aliphatic heterocycles. The number of hydrogen-bond acceptors (Lipinski definition) is 3. The molecule has 0 bridgehead atoms. The fraction of sp³-hybridized carbons (Fsp3) is 0.800. The van der Waals surface area contributed by atoms with Gasteiger partial charge in [-0.1, -0.05) is 19.4 Å². The van der Waals surface area contributed by atoms with Crippen molar-refractivity contribution in [2.24, 2.45) is 17.3 Å². The van der Waals surface area contributed by atoms with Gasteiger partial charge in [-0.3, -0.25) is 4.79 Å². The predicted molar refractivity (Wildman–Crippen MR) is 67.8 cm³/mol. The molecule has 0 spiro atoms. The van der Waals surface area contributed by atoms with Crippen molar-refractivity contribution in [3.05, 3.63) is 11.1 Å². The molecule has 3 nitrogen and oxygen atoms in total. The highest BCUT2D eigenvalue weighted by molar-refractivity contribution is 5.75.